The molecule has 2 aliphatic rings. The maximum Gasteiger partial charge on any atom is 0.0234 e. The number of benzene rings is 1. The summed E-state index contributed by atoms with van der Waals surface area (Å²) >= 11 is 0. The first-order chi connectivity index (χ1) is 8.26. The van der Waals surface area contributed by atoms with E-state index in [1.165, 1.54) is 44.6 Å². The molecule has 0 unspecified atom stereocenters. The highest BCUT2D eigenvalue weighted by Crippen LogP contribution is 2.40. The van der Waals surface area contributed by atoms with E-state index in [1.807, 2.05) is 0 Å². The summed E-state index contributed by atoms with van der Waals surface area (Å²) in [5, 5.41) is 0. The number of piperidine rings is 1. The second-order valence-corrected chi connectivity index (χ2v) is 5.93. The van der Waals surface area contributed by atoms with E-state index in [9.17, 15) is 0 Å². The summed E-state index contributed by atoms with van der Waals surface area (Å²) in [5.74, 6) is 0. The van der Waals surface area contributed by atoms with E-state index in [2.05, 4.69) is 47.2 Å². The molecular weight excluding hydrogens is 208 g/mol. The molecule has 17 heavy (non-hydrogen) atoms. The molecule has 2 saturated heterocycles. The van der Waals surface area contributed by atoms with Crippen molar-refractivity contribution < 1.29 is 0 Å². The molecule has 3 rings (SSSR count). The van der Waals surface area contributed by atoms with Gasteiger partial charge in [-0.25, -0.2) is 0 Å². The zero-order valence-corrected chi connectivity index (χ0v) is 10.7. The van der Waals surface area contributed by atoms with Gasteiger partial charge < -0.3 is 4.90 Å². The summed E-state index contributed by atoms with van der Waals surface area (Å²) in [6.07, 6.45) is 2.80. The van der Waals surface area contributed by atoms with E-state index < -0.39 is 0 Å². The Labute approximate surface area is 104 Å². The maximum absolute atomic E-state index is 2.60. The van der Waals surface area contributed by atoms with Gasteiger partial charge in [0.25, 0.3) is 0 Å². The Morgan fingerprint density at radius 1 is 1.06 bits per heavy atom. The fourth-order valence-electron chi connectivity index (χ4n) is 3.26. The molecule has 0 N–H and O–H groups in total. The van der Waals surface area contributed by atoms with Gasteiger partial charge in [0.05, 0.1) is 0 Å². The summed E-state index contributed by atoms with van der Waals surface area (Å²) in [5.41, 5.74) is 2.12. The van der Waals surface area contributed by atoms with E-state index >= 15 is 0 Å². The van der Waals surface area contributed by atoms with E-state index in [0.29, 0.717) is 5.41 Å². The molecule has 0 saturated carbocycles. The third-order valence-corrected chi connectivity index (χ3v) is 4.41. The topological polar surface area (TPSA) is 6.48 Å². The predicted molar refractivity (Wildman–Crippen MR) is 70.9 cm³/mol. The molecule has 0 bridgehead atoms. The van der Waals surface area contributed by atoms with Crippen molar-refractivity contribution >= 4 is 0 Å². The van der Waals surface area contributed by atoms with E-state index in [4.69, 9.17) is 0 Å². The van der Waals surface area contributed by atoms with Crippen LogP contribution in [0, 0.1) is 5.41 Å². The second-order valence-electron chi connectivity index (χ2n) is 5.93. The highest BCUT2D eigenvalue weighted by atomic mass is 15.2. The van der Waals surface area contributed by atoms with Gasteiger partial charge in [0.15, 0.2) is 0 Å². The van der Waals surface area contributed by atoms with Gasteiger partial charge in [-0.2, -0.15) is 0 Å². The summed E-state index contributed by atoms with van der Waals surface area (Å²) in [6.45, 7) is 6.35. The van der Waals surface area contributed by atoms with Crippen molar-refractivity contribution in [3.05, 3.63) is 35.9 Å². The van der Waals surface area contributed by atoms with Crippen LogP contribution in [0.4, 0.5) is 0 Å². The van der Waals surface area contributed by atoms with Crippen molar-refractivity contribution in [2.75, 3.05) is 33.2 Å². The third kappa shape index (κ3) is 2.38. The SMILES string of the molecule is CN1CCC2(CC1)CN(Cc1ccccc1)C2. The minimum absolute atomic E-state index is 0.668. The van der Waals surface area contributed by atoms with E-state index in [1.54, 1.807) is 0 Å². The van der Waals surface area contributed by atoms with Gasteiger partial charge in [0, 0.05) is 19.6 Å². The quantitative estimate of drug-likeness (QED) is 0.768. The lowest BCUT2D eigenvalue weighted by Crippen LogP contribution is -2.59. The van der Waals surface area contributed by atoms with Crippen molar-refractivity contribution in [1.82, 2.24) is 9.80 Å². The molecule has 2 fully saturated rings. The molecular formula is C15H22N2. The van der Waals surface area contributed by atoms with E-state index in [-0.39, 0.29) is 0 Å². The van der Waals surface area contributed by atoms with Crippen LogP contribution < -0.4 is 0 Å². The molecule has 2 nitrogen and oxygen atoms in total. The lowest BCUT2D eigenvalue weighted by Gasteiger charge is -2.54. The summed E-state index contributed by atoms with van der Waals surface area (Å²) < 4.78 is 0. The fourth-order valence-corrected chi connectivity index (χ4v) is 3.26. The minimum Gasteiger partial charge on any atom is -0.306 e. The molecule has 1 spiro atoms. The Bertz CT molecular complexity index is 358. The molecule has 1 aromatic rings. The number of rotatable bonds is 2. The van der Waals surface area contributed by atoms with Crippen molar-refractivity contribution in [1.29, 1.82) is 0 Å². The van der Waals surface area contributed by atoms with Crippen molar-refractivity contribution in [3.63, 3.8) is 0 Å². The van der Waals surface area contributed by atoms with Crippen LogP contribution in [0.2, 0.25) is 0 Å². The zero-order chi connectivity index (χ0) is 11.7. The fraction of sp³-hybridized carbons (Fsp3) is 0.600. The first-order valence-corrected chi connectivity index (χ1v) is 6.71. The minimum atomic E-state index is 0.668. The maximum atomic E-state index is 2.60. The number of hydrogen-bond acceptors (Lipinski definition) is 2. The van der Waals surface area contributed by atoms with Crippen LogP contribution in [0.5, 0.6) is 0 Å². The Morgan fingerprint density at radius 3 is 2.35 bits per heavy atom. The molecule has 2 heterocycles. The first-order valence-electron chi connectivity index (χ1n) is 6.71. The number of nitrogens with zero attached hydrogens (tertiary/aromatic N) is 2. The lowest BCUT2D eigenvalue weighted by atomic mass is 9.72. The first kappa shape index (κ1) is 11.2. The summed E-state index contributed by atoms with van der Waals surface area (Å²) in [7, 11) is 2.24. The Kier molecular flexibility index (Phi) is 2.93. The van der Waals surface area contributed by atoms with Crippen LogP contribution in [0.15, 0.2) is 30.3 Å². The van der Waals surface area contributed by atoms with Crippen LogP contribution in [-0.2, 0) is 6.54 Å². The van der Waals surface area contributed by atoms with Gasteiger partial charge in [-0.3, -0.25) is 4.90 Å². The van der Waals surface area contributed by atoms with Gasteiger partial charge in [-0.05, 0) is 44.0 Å². The Hall–Kier alpha value is -0.860. The summed E-state index contributed by atoms with van der Waals surface area (Å²) in [6, 6.07) is 10.8. The molecule has 0 aliphatic carbocycles. The largest absolute Gasteiger partial charge is 0.306 e. The van der Waals surface area contributed by atoms with Crippen LogP contribution in [0.3, 0.4) is 0 Å². The second kappa shape index (κ2) is 4.43. The van der Waals surface area contributed by atoms with Gasteiger partial charge >= 0.3 is 0 Å². The van der Waals surface area contributed by atoms with Crippen LogP contribution in [-0.4, -0.2) is 43.0 Å². The van der Waals surface area contributed by atoms with Crippen molar-refractivity contribution in [2.24, 2.45) is 5.41 Å². The molecule has 0 amide bonds. The smallest absolute Gasteiger partial charge is 0.0234 e. The van der Waals surface area contributed by atoms with Crippen molar-refractivity contribution in [3.8, 4) is 0 Å². The normalized spacial score (nSPS) is 24.8. The molecule has 2 aliphatic heterocycles. The van der Waals surface area contributed by atoms with Crippen LogP contribution in [0.1, 0.15) is 18.4 Å². The Balaban J connectivity index is 1.51. The van der Waals surface area contributed by atoms with Gasteiger partial charge in [-0.1, -0.05) is 30.3 Å². The molecule has 0 aromatic heterocycles. The number of likely N-dealkylation sites (tertiary alicyclic amines) is 2. The third-order valence-electron chi connectivity index (χ3n) is 4.41. The standard InChI is InChI=1S/C15H22N2/c1-16-9-7-15(8-10-16)12-17(13-15)11-14-5-3-2-4-6-14/h2-6H,7-13H2,1H3. The molecule has 92 valence electrons. The van der Waals surface area contributed by atoms with Crippen molar-refractivity contribution in [2.45, 2.75) is 19.4 Å². The van der Waals surface area contributed by atoms with Crippen LogP contribution >= 0.6 is 0 Å². The van der Waals surface area contributed by atoms with Gasteiger partial charge in [0.2, 0.25) is 0 Å². The molecule has 2 heteroatoms. The highest BCUT2D eigenvalue weighted by molar-refractivity contribution is 5.15. The molecule has 0 radical (unpaired) electrons. The van der Waals surface area contributed by atoms with Gasteiger partial charge in [0.1, 0.15) is 0 Å². The molecule has 1 aromatic carbocycles. The van der Waals surface area contributed by atoms with E-state index in [0.717, 1.165) is 6.54 Å². The predicted octanol–water partition coefficient (Wildman–Crippen LogP) is 2.21. The average molecular weight is 230 g/mol. The van der Waals surface area contributed by atoms with Gasteiger partial charge in [-0.15, -0.1) is 0 Å². The Morgan fingerprint density at radius 2 is 1.71 bits per heavy atom. The lowest BCUT2D eigenvalue weighted by molar-refractivity contribution is -0.0470. The average Bonchev–Trinajstić information content (AvgIpc) is 2.31. The monoisotopic (exact) mass is 230 g/mol. The van der Waals surface area contributed by atoms with Crippen LogP contribution in [0.25, 0.3) is 0 Å². The number of hydrogen-bond donors (Lipinski definition) is 0. The summed E-state index contributed by atoms with van der Waals surface area (Å²) in [4.78, 5) is 5.06. The zero-order valence-electron chi connectivity index (χ0n) is 10.7. The highest BCUT2D eigenvalue weighted by Gasteiger charge is 2.43. The molecule has 0 atom stereocenters.